The molecule has 0 aliphatic heterocycles. The van der Waals surface area contributed by atoms with Crippen molar-refractivity contribution in [3.05, 3.63) is 84.4 Å². The van der Waals surface area contributed by atoms with Crippen LogP contribution < -0.4 is 18.6 Å². The third-order valence-corrected chi connectivity index (χ3v) is 4.19. The number of ether oxygens (including phenoxy) is 2. The van der Waals surface area contributed by atoms with E-state index >= 15 is 0 Å². The third kappa shape index (κ3) is 6.59. The van der Waals surface area contributed by atoms with Crippen molar-refractivity contribution in [2.45, 2.75) is 26.3 Å². The molecule has 2 N–H and O–H groups in total. The number of carboxylic acid groups (broad SMARTS) is 2. The quantitative estimate of drug-likeness (QED) is 0.493. The molecule has 0 bridgehead atoms. The fraction of sp³-hybridized carbons (Fsp3) is 0.182. The number of hydrogen-bond donors (Lipinski definition) is 2. The zero-order valence-corrected chi connectivity index (χ0v) is 16.2. The summed E-state index contributed by atoms with van der Waals surface area (Å²) in [6.45, 7) is 0.588. The maximum atomic E-state index is 10.7. The van der Waals surface area contributed by atoms with Crippen LogP contribution in [0.5, 0.6) is 11.5 Å². The van der Waals surface area contributed by atoms with Gasteiger partial charge in [0, 0.05) is 35.4 Å². The summed E-state index contributed by atoms with van der Waals surface area (Å²) < 4.78 is 14.6. The van der Waals surface area contributed by atoms with Crippen LogP contribution in [0.3, 0.4) is 0 Å². The lowest BCUT2D eigenvalue weighted by atomic mass is 10.2. The molecule has 154 valence electrons. The minimum atomic E-state index is -0.889. The van der Waals surface area contributed by atoms with Gasteiger partial charge in [-0.15, -0.1) is 0 Å². The molecule has 2 heterocycles. The van der Waals surface area contributed by atoms with Gasteiger partial charge in [0.05, 0.1) is 0 Å². The van der Waals surface area contributed by atoms with Crippen LogP contribution in [0, 0.1) is 0 Å². The summed E-state index contributed by atoms with van der Waals surface area (Å²) in [7, 11) is 0. The van der Waals surface area contributed by atoms with Gasteiger partial charge in [0.2, 0.25) is 13.1 Å². The second-order valence-corrected chi connectivity index (χ2v) is 6.59. The zero-order chi connectivity index (χ0) is 21.3. The van der Waals surface area contributed by atoms with Crippen LogP contribution >= 0.6 is 0 Å². The lowest BCUT2D eigenvalue weighted by Crippen LogP contribution is -2.36. The number of nitrogens with zero attached hydrogens (tertiary/aromatic N) is 2. The smallest absolute Gasteiger partial charge is 0.370 e. The Labute approximate surface area is 173 Å². The van der Waals surface area contributed by atoms with Gasteiger partial charge in [0.15, 0.2) is 24.8 Å². The molecule has 0 aliphatic carbocycles. The van der Waals surface area contributed by atoms with Gasteiger partial charge in [-0.2, -0.15) is 9.13 Å². The molecule has 0 spiro atoms. The van der Waals surface area contributed by atoms with Crippen molar-refractivity contribution >= 4 is 11.9 Å². The maximum absolute atomic E-state index is 10.7. The summed E-state index contributed by atoms with van der Waals surface area (Å²) in [4.78, 5) is 21.4. The molecule has 0 atom stereocenters. The van der Waals surface area contributed by atoms with Gasteiger partial charge in [-0.3, -0.25) is 0 Å². The van der Waals surface area contributed by atoms with Crippen molar-refractivity contribution in [1.29, 1.82) is 0 Å². The molecule has 1 aromatic carbocycles. The molecular formula is C22H22N2O6+2. The molecule has 8 nitrogen and oxygen atoms in total. The number of rotatable bonds is 10. The molecule has 0 aliphatic rings. The van der Waals surface area contributed by atoms with Gasteiger partial charge in [0.1, 0.15) is 24.7 Å². The highest BCUT2D eigenvalue weighted by atomic mass is 16.5. The predicted octanol–water partition coefficient (Wildman–Crippen LogP) is 1.59. The first-order valence-corrected chi connectivity index (χ1v) is 9.23. The number of aromatic nitrogens is 2. The van der Waals surface area contributed by atoms with Crippen LogP contribution in [-0.4, -0.2) is 22.2 Å². The number of pyridine rings is 2. The van der Waals surface area contributed by atoms with E-state index < -0.39 is 11.9 Å². The summed E-state index contributed by atoms with van der Waals surface area (Å²) in [5.74, 6) is -0.390. The lowest BCUT2D eigenvalue weighted by Gasteiger charge is -2.08. The summed E-state index contributed by atoms with van der Waals surface area (Å²) in [5, 5.41) is 17.6. The van der Waals surface area contributed by atoms with Crippen molar-refractivity contribution in [2.75, 3.05) is 0 Å². The molecule has 0 saturated heterocycles. The second-order valence-electron chi connectivity index (χ2n) is 6.59. The molecule has 0 saturated carbocycles. The van der Waals surface area contributed by atoms with Crippen LogP contribution in [0.1, 0.15) is 11.1 Å². The highest BCUT2D eigenvalue weighted by Crippen LogP contribution is 2.19. The largest absolute Gasteiger partial charge is 0.489 e. The van der Waals surface area contributed by atoms with E-state index in [4.69, 9.17) is 19.7 Å². The van der Waals surface area contributed by atoms with Crippen LogP contribution in [0.2, 0.25) is 0 Å². The fourth-order valence-corrected chi connectivity index (χ4v) is 2.66. The first kappa shape index (κ1) is 20.8. The zero-order valence-electron chi connectivity index (χ0n) is 16.2. The summed E-state index contributed by atoms with van der Waals surface area (Å²) >= 11 is 0. The van der Waals surface area contributed by atoms with E-state index in [1.165, 1.54) is 0 Å². The van der Waals surface area contributed by atoms with E-state index in [0.717, 1.165) is 11.1 Å². The standard InChI is InChI=1S/C22H20N2O6/c25-21(26)13-23-9-5-17(6-10-23)15-29-19-1-2-20(4-3-19)30-16-18-7-11-24(12-8-18)14-22(27)28/h1-12H,13-16H2/p+2. The van der Waals surface area contributed by atoms with Crippen molar-refractivity contribution in [3.63, 3.8) is 0 Å². The van der Waals surface area contributed by atoms with E-state index in [-0.39, 0.29) is 13.1 Å². The third-order valence-electron chi connectivity index (χ3n) is 4.19. The molecule has 0 unspecified atom stereocenters. The Kier molecular flexibility index (Phi) is 6.94. The summed E-state index contributed by atoms with van der Waals surface area (Å²) in [6, 6.07) is 14.5. The van der Waals surface area contributed by atoms with Crippen molar-refractivity contribution in [1.82, 2.24) is 0 Å². The molecule has 3 rings (SSSR count). The Morgan fingerprint density at radius 3 is 1.27 bits per heavy atom. The molecule has 8 heteroatoms. The topological polar surface area (TPSA) is 101 Å². The second kappa shape index (κ2) is 10.0. The van der Waals surface area contributed by atoms with Crippen LogP contribution in [-0.2, 0) is 35.9 Å². The Morgan fingerprint density at radius 2 is 0.967 bits per heavy atom. The monoisotopic (exact) mass is 410 g/mol. The Bertz CT molecular complexity index is 903. The average Bonchev–Trinajstić information content (AvgIpc) is 2.73. The molecule has 0 radical (unpaired) electrons. The molecule has 0 amide bonds. The Hall–Kier alpha value is -3.94. The van der Waals surface area contributed by atoms with Crippen LogP contribution in [0.15, 0.2) is 73.3 Å². The Balaban J connectivity index is 1.46. The highest BCUT2D eigenvalue weighted by molar-refractivity contribution is 5.65. The van der Waals surface area contributed by atoms with E-state index in [2.05, 4.69) is 0 Å². The van der Waals surface area contributed by atoms with Gasteiger partial charge in [-0.25, -0.2) is 9.59 Å². The van der Waals surface area contributed by atoms with E-state index in [9.17, 15) is 9.59 Å². The predicted molar refractivity (Wildman–Crippen MR) is 104 cm³/mol. The van der Waals surface area contributed by atoms with Gasteiger partial charge >= 0.3 is 11.9 Å². The van der Waals surface area contributed by atoms with Crippen molar-refractivity contribution in [3.8, 4) is 11.5 Å². The van der Waals surface area contributed by atoms with Gasteiger partial charge < -0.3 is 19.7 Å². The molecule has 30 heavy (non-hydrogen) atoms. The van der Waals surface area contributed by atoms with Gasteiger partial charge in [0.25, 0.3) is 0 Å². The number of hydrogen-bond acceptors (Lipinski definition) is 4. The molecule has 3 aromatic rings. The first-order valence-electron chi connectivity index (χ1n) is 9.23. The maximum Gasteiger partial charge on any atom is 0.370 e. The van der Waals surface area contributed by atoms with E-state index in [1.54, 1.807) is 33.9 Å². The van der Waals surface area contributed by atoms with Gasteiger partial charge in [-0.1, -0.05) is 0 Å². The normalized spacial score (nSPS) is 10.4. The average molecular weight is 410 g/mol. The molecular weight excluding hydrogens is 388 g/mol. The highest BCUT2D eigenvalue weighted by Gasteiger charge is 2.08. The molecule has 2 aromatic heterocycles. The Morgan fingerprint density at radius 1 is 0.633 bits per heavy atom. The van der Waals surface area contributed by atoms with Crippen molar-refractivity contribution < 1.29 is 38.4 Å². The SMILES string of the molecule is O=C(O)C[n+]1ccc(COc2ccc(OCc3cc[n+](CC(=O)O)cc3)cc2)cc1. The van der Waals surface area contributed by atoms with Crippen LogP contribution in [0.4, 0.5) is 0 Å². The number of aliphatic carboxylic acids is 2. The van der Waals surface area contributed by atoms with E-state index in [1.807, 2.05) is 48.5 Å². The number of carbonyl (C=O) groups is 2. The van der Waals surface area contributed by atoms with Gasteiger partial charge in [-0.05, 0) is 24.3 Å². The fourth-order valence-electron chi connectivity index (χ4n) is 2.66. The minimum Gasteiger partial charge on any atom is -0.489 e. The van der Waals surface area contributed by atoms with E-state index in [0.29, 0.717) is 24.7 Å². The summed E-state index contributed by atoms with van der Waals surface area (Å²) in [5.41, 5.74) is 1.86. The minimum absolute atomic E-state index is 0.0755. The first-order chi connectivity index (χ1) is 14.5. The number of carboxylic acids is 2. The number of benzene rings is 1. The molecule has 0 fully saturated rings. The summed E-state index contributed by atoms with van der Waals surface area (Å²) in [6.07, 6.45) is 6.82. The van der Waals surface area contributed by atoms with Crippen molar-refractivity contribution in [2.24, 2.45) is 0 Å². The van der Waals surface area contributed by atoms with Crippen LogP contribution in [0.25, 0.3) is 0 Å². The lowest BCUT2D eigenvalue weighted by molar-refractivity contribution is -0.686.